The van der Waals surface area contributed by atoms with Crippen LogP contribution >= 0.6 is 0 Å². The van der Waals surface area contributed by atoms with Crippen molar-refractivity contribution in [1.82, 2.24) is 0 Å². The van der Waals surface area contributed by atoms with Gasteiger partial charge in [0.1, 0.15) is 0 Å². The lowest BCUT2D eigenvalue weighted by atomic mass is 9.88. The summed E-state index contributed by atoms with van der Waals surface area (Å²) in [6.45, 7) is 3.09. The minimum absolute atomic E-state index is 0.485. The van der Waals surface area contributed by atoms with Crippen LogP contribution < -0.4 is 0 Å². The summed E-state index contributed by atoms with van der Waals surface area (Å²) in [5.74, 6) is 0.738. The maximum Gasteiger partial charge on any atom is 0.0720 e. The van der Waals surface area contributed by atoms with Gasteiger partial charge in [0.05, 0.1) is 12.7 Å². The maximum absolute atomic E-state index is 5.98. The lowest BCUT2D eigenvalue weighted by Crippen LogP contribution is -2.25. The highest BCUT2D eigenvalue weighted by molar-refractivity contribution is 5.13. The molecule has 2 atom stereocenters. The van der Waals surface area contributed by atoms with Crippen LogP contribution in [0.5, 0.6) is 0 Å². The molecule has 0 aliphatic heterocycles. The summed E-state index contributed by atoms with van der Waals surface area (Å²) < 4.78 is 5.98. The van der Waals surface area contributed by atoms with E-state index in [0.717, 1.165) is 12.5 Å². The van der Waals surface area contributed by atoms with Crippen LogP contribution in [-0.2, 0) is 11.3 Å². The van der Waals surface area contributed by atoms with Crippen molar-refractivity contribution < 1.29 is 4.74 Å². The predicted octanol–water partition coefficient (Wildman–Crippen LogP) is 3.78. The third-order valence-corrected chi connectivity index (χ3v) is 3.34. The van der Waals surface area contributed by atoms with Gasteiger partial charge in [-0.3, -0.25) is 0 Å². The molecule has 82 valence electrons. The van der Waals surface area contributed by atoms with Crippen LogP contribution in [0.25, 0.3) is 0 Å². The zero-order valence-electron chi connectivity index (χ0n) is 9.49. The molecular formula is C14H20O. The SMILES string of the molecule is CC1CCCCC1OCc1ccccc1. The fourth-order valence-corrected chi connectivity index (χ4v) is 2.31. The van der Waals surface area contributed by atoms with Gasteiger partial charge in [-0.1, -0.05) is 50.1 Å². The van der Waals surface area contributed by atoms with E-state index in [1.54, 1.807) is 0 Å². The second-order valence-corrected chi connectivity index (χ2v) is 4.60. The van der Waals surface area contributed by atoms with E-state index in [2.05, 4.69) is 31.2 Å². The van der Waals surface area contributed by atoms with Crippen molar-refractivity contribution in [2.45, 2.75) is 45.3 Å². The van der Waals surface area contributed by atoms with Crippen LogP contribution in [0.4, 0.5) is 0 Å². The molecule has 1 nitrogen and oxygen atoms in total. The first kappa shape index (κ1) is 10.7. The van der Waals surface area contributed by atoms with Crippen molar-refractivity contribution in [2.24, 2.45) is 5.92 Å². The molecule has 0 aromatic heterocycles. The van der Waals surface area contributed by atoms with Crippen LogP contribution in [0, 0.1) is 5.92 Å². The van der Waals surface area contributed by atoms with Crippen LogP contribution in [0.1, 0.15) is 38.2 Å². The topological polar surface area (TPSA) is 9.23 Å². The zero-order chi connectivity index (χ0) is 10.5. The van der Waals surface area contributed by atoms with Gasteiger partial charge in [-0.05, 0) is 24.3 Å². The first-order chi connectivity index (χ1) is 7.36. The van der Waals surface area contributed by atoms with Crippen LogP contribution in [0.3, 0.4) is 0 Å². The van der Waals surface area contributed by atoms with Crippen LogP contribution in [-0.4, -0.2) is 6.10 Å². The van der Waals surface area contributed by atoms with Crippen molar-refractivity contribution in [3.63, 3.8) is 0 Å². The van der Waals surface area contributed by atoms with E-state index in [9.17, 15) is 0 Å². The first-order valence-electron chi connectivity index (χ1n) is 6.02. The average molecular weight is 204 g/mol. The summed E-state index contributed by atoms with van der Waals surface area (Å²) in [5, 5.41) is 0. The summed E-state index contributed by atoms with van der Waals surface area (Å²) in [4.78, 5) is 0. The summed E-state index contributed by atoms with van der Waals surface area (Å²) in [7, 11) is 0. The monoisotopic (exact) mass is 204 g/mol. The zero-order valence-corrected chi connectivity index (χ0v) is 9.49. The Morgan fingerprint density at radius 1 is 1.13 bits per heavy atom. The third kappa shape index (κ3) is 3.07. The van der Waals surface area contributed by atoms with Crippen molar-refractivity contribution >= 4 is 0 Å². The van der Waals surface area contributed by atoms with E-state index >= 15 is 0 Å². The predicted molar refractivity (Wildman–Crippen MR) is 62.7 cm³/mol. The van der Waals surface area contributed by atoms with Gasteiger partial charge in [-0.2, -0.15) is 0 Å². The molecule has 0 saturated heterocycles. The molecule has 2 unspecified atom stereocenters. The summed E-state index contributed by atoms with van der Waals surface area (Å²) >= 11 is 0. The molecule has 2 rings (SSSR count). The highest BCUT2D eigenvalue weighted by Gasteiger charge is 2.21. The number of rotatable bonds is 3. The molecule has 0 spiro atoms. The van der Waals surface area contributed by atoms with E-state index in [1.165, 1.54) is 31.2 Å². The molecule has 15 heavy (non-hydrogen) atoms. The Balaban J connectivity index is 1.82. The number of hydrogen-bond acceptors (Lipinski definition) is 1. The minimum atomic E-state index is 0.485. The van der Waals surface area contributed by atoms with Gasteiger partial charge < -0.3 is 4.74 Å². The first-order valence-corrected chi connectivity index (χ1v) is 6.02. The fourth-order valence-electron chi connectivity index (χ4n) is 2.31. The Hall–Kier alpha value is -0.820. The number of benzene rings is 1. The second-order valence-electron chi connectivity index (χ2n) is 4.60. The number of hydrogen-bond donors (Lipinski definition) is 0. The lowest BCUT2D eigenvalue weighted by Gasteiger charge is -2.28. The van der Waals surface area contributed by atoms with E-state index < -0.39 is 0 Å². The Labute approximate surface area is 92.5 Å². The normalized spacial score (nSPS) is 26.5. The summed E-state index contributed by atoms with van der Waals surface area (Å²) in [6.07, 6.45) is 5.78. The van der Waals surface area contributed by atoms with Gasteiger partial charge in [0.2, 0.25) is 0 Å². The minimum Gasteiger partial charge on any atom is -0.373 e. The van der Waals surface area contributed by atoms with Crippen molar-refractivity contribution in [3.05, 3.63) is 35.9 Å². The van der Waals surface area contributed by atoms with Crippen LogP contribution in [0.2, 0.25) is 0 Å². The van der Waals surface area contributed by atoms with E-state index in [1.807, 2.05) is 6.07 Å². The van der Waals surface area contributed by atoms with Gasteiger partial charge in [0.25, 0.3) is 0 Å². The maximum atomic E-state index is 5.98. The van der Waals surface area contributed by atoms with Crippen molar-refractivity contribution in [2.75, 3.05) is 0 Å². The van der Waals surface area contributed by atoms with Gasteiger partial charge >= 0.3 is 0 Å². The highest BCUT2D eigenvalue weighted by Crippen LogP contribution is 2.26. The largest absolute Gasteiger partial charge is 0.373 e. The molecule has 1 saturated carbocycles. The van der Waals surface area contributed by atoms with Crippen molar-refractivity contribution in [1.29, 1.82) is 0 Å². The molecule has 0 radical (unpaired) electrons. The second kappa shape index (κ2) is 5.32. The third-order valence-electron chi connectivity index (χ3n) is 3.34. The number of ether oxygens (including phenoxy) is 1. The molecule has 0 bridgehead atoms. The van der Waals surface area contributed by atoms with Gasteiger partial charge in [-0.15, -0.1) is 0 Å². The van der Waals surface area contributed by atoms with E-state index in [-0.39, 0.29) is 0 Å². The molecule has 0 amide bonds. The Morgan fingerprint density at radius 3 is 2.60 bits per heavy atom. The molecule has 1 aromatic rings. The average Bonchev–Trinajstić information content (AvgIpc) is 2.29. The standard InChI is InChI=1S/C14H20O/c1-12-7-5-6-10-14(12)15-11-13-8-3-2-4-9-13/h2-4,8-9,12,14H,5-7,10-11H2,1H3. The van der Waals surface area contributed by atoms with E-state index in [0.29, 0.717) is 6.10 Å². The summed E-state index contributed by atoms with van der Waals surface area (Å²) in [5.41, 5.74) is 1.29. The fraction of sp³-hybridized carbons (Fsp3) is 0.571. The highest BCUT2D eigenvalue weighted by atomic mass is 16.5. The van der Waals surface area contributed by atoms with Crippen LogP contribution in [0.15, 0.2) is 30.3 Å². The Kier molecular flexibility index (Phi) is 3.79. The Morgan fingerprint density at radius 2 is 1.87 bits per heavy atom. The summed E-state index contributed by atoms with van der Waals surface area (Å²) in [6, 6.07) is 10.5. The molecular weight excluding hydrogens is 184 g/mol. The van der Waals surface area contributed by atoms with E-state index in [4.69, 9.17) is 4.74 Å². The molecule has 1 aliphatic carbocycles. The Bertz CT molecular complexity index is 281. The van der Waals surface area contributed by atoms with Gasteiger partial charge in [-0.25, -0.2) is 0 Å². The molecule has 0 heterocycles. The quantitative estimate of drug-likeness (QED) is 0.728. The molecule has 1 aliphatic rings. The lowest BCUT2D eigenvalue weighted by molar-refractivity contribution is -0.0154. The molecule has 1 fully saturated rings. The molecule has 1 aromatic carbocycles. The smallest absolute Gasteiger partial charge is 0.0720 e. The molecule has 1 heteroatoms. The molecule has 0 N–H and O–H groups in total. The van der Waals surface area contributed by atoms with Gasteiger partial charge in [0, 0.05) is 0 Å². The van der Waals surface area contributed by atoms with Crippen molar-refractivity contribution in [3.8, 4) is 0 Å². The van der Waals surface area contributed by atoms with Gasteiger partial charge in [0.15, 0.2) is 0 Å².